The average molecular weight is 224 g/mol. The summed E-state index contributed by atoms with van der Waals surface area (Å²) in [5.41, 5.74) is 1.04. The van der Waals surface area contributed by atoms with Crippen molar-refractivity contribution in [3.63, 3.8) is 0 Å². The van der Waals surface area contributed by atoms with Crippen molar-refractivity contribution in [1.29, 1.82) is 0 Å². The van der Waals surface area contributed by atoms with Gasteiger partial charge in [-0.1, -0.05) is 25.1 Å². The molecule has 0 heterocycles. The molecule has 0 amide bonds. The summed E-state index contributed by atoms with van der Waals surface area (Å²) in [4.78, 5) is 0. The van der Waals surface area contributed by atoms with Crippen LogP contribution in [0.4, 0.5) is 0 Å². The average Bonchev–Trinajstić information content (AvgIpc) is 2.34. The molecule has 0 aliphatic rings. The highest BCUT2D eigenvalue weighted by Gasteiger charge is 2.15. The van der Waals surface area contributed by atoms with Crippen LogP contribution in [-0.2, 0) is 9.47 Å². The first-order valence-corrected chi connectivity index (χ1v) is 5.57. The molecule has 0 aliphatic heterocycles. The van der Waals surface area contributed by atoms with Gasteiger partial charge in [-0.2, -0.15) is 0 Å². The Morgan fingerprint density at radius 2 is 1.94 bits per heavy atom. The second-order valence-corrected chi connectivity index (χ2v) is 3.56. The quantitative estimate of drug-likeness (QED) is 0.712. The molecule has 0 N–H and O–H groups in total. The van der Waals surface area contributed by atoms with Crippen LogP contribution in [-0.4, -0.2) is 27.4 Å². The molecule has 0 fully saturated rings. The Hall–Kier alpha value is -1.06. The van der Waals surface area contributed by atoms with Gasteiger partial charge in [0.05, 0.1) is 13.7 Å². The summed E-state index contributed by atoms with van der Waals surface area (Å²) in [5.74, 6) is 0.848. The van der Waals surface area contributed by atoms with Gasteiger partial charge in [0.1, 0.15) is 11.9 Å². The Morgan fingerprint density at radius 1 is 1.19 bits per heavy atom. The van der Waals surface area contributed by atoms with Gasteiger partial charge >= 0.3 is 0 Å². The molecule has 16 heavy (non-hydrogen) atoms. The molecule has 1 aromatic rings. The number of rotatable bonds is 7. The second-order valence-electron chi connectivity index (χ2n) is 3.56. The van der Waals surface area contributed by atoms with Gasteiger partial charge in [-0.05, 0) is 12.5 Å². The van der Waals surface area contributed by atoms with Gasteiger partial charge < -0.3 is 14.2 Å². The van der Waals surface area contributed by atoms with Crippen LogP contribution in [0.25, 0.3) is 0 Å². The Morgan fingerprint density at radius 3 is 2.56 bits per heavy atom. The topological polar surface area (TPSA) is 27.7 Å². The molecule has 3 heteroatoms. The summed E-state index contributed by atoms with van der Waals surface area (Å²) in [6, 6.07) is 7.88. The van der Waals surface area contributed by atoms with Gasteiger partial charge in [-0.15, -0.1) is 0 Å². The van der Waals surface area contributed by atoms with E-state index in [1.807, 2.05) is 24.3 Å². The third-order valence-corrected chi connectivity index (χ3v) is 2.33. The number of ether oxygens (including phenoxy) is 3. The molecule has 0 spiro atoms. The highest BCUT2D eigenvalue weighted by atomic mass is 16.5. The number of hydrogen-bond donors (Lipinski definition) is 0. The summed E-state index contributed by atoms with van der Waals surface area (Å²) < 4.78 is 16.2. The van der Waals surface area contributed by atoms with Crippen molar-refractivity contribution in [1.82, 2.24) is 0 Å². The maximum atomic E-state index is 5.76. The van der Waals surface area contributed by atoms with Crippen LogP contribution in [0.15, 0.2) is 24.3 Å². The van der Waals surface area contributed by atoms with E-state index in [1.165, 1.54) is 0 Å². The zero-order valence-corrected chi connectivity index (χ0v) is 10.2. The third-order valence-electron chi connectivity index (χ3n) is 2.33. The highest BCUT2D eigenvalue weighted by molar-refractivity contribution is 5.35. The molecule has 0 aromatic heterocycles. The minimum atomic E-state index is -0.0545. The van der Waals surface area contributed by atoms with Gasteiger partial charge in [0.2, 0.25) is 0 Å². The molecular formula is C13H20O3. The Balaban J connectivity index is 2.81. The standard InChI is InChI=1S/C13H20O3/c1-4-9-16-13(10-14-2)11-7-5-6-8-12(11)15-3/h5-8,13H,4,9-10H2,1-3H3. The fourth-order valence-electron chi connectivity index (χ4n) is 1.57. The molecule has 0 aliphatic carbocycles. The molecule has 1 atom stereocenters. The molecule has 1 aromatic carbocycles. The lowest BCUT2D eigenvalue weighted by atomic mass is 10.1. The predicted octanol–water partition coefficient (Wildman–Crippen LogP) is 2.81. The number of para-hydroxylation sites is 1. The lowest BCUT2D eigenvalue weighted by Gasteiger charge is -2.19. The molecular weight excluding hydrogens is 204 g/mol. The van der Waals surface area contributed by atoms with Crippen LogP contribution in [0, 0.1) is 0 Å². The normalized spacial score (nSPS) is 12.4. The summed E-state index contributed by atoms with van der Waals surface area (Å²) in [7, 11) is 3.35. The molecule has 0 radical (unpaired) electrons. The van der Waals surface area contributed by atoms with Crippen LogP contribution < -0.4 is 4.74 Å². The largest absolute Gasteiger partial charge is 0.496 e. The first kappa shape index (κ1) is 13.0. The molecule has 3 nitrogen and oxygen atoms in total. The van der Waals surface area contributed by atoms with Gasteiger partial charge in [0.15, 0.2) is 0 Å². The first-order valence-electron chi connectivity index (χ1n) is 5.57. The summed E-state index contributed by atoms with van der Waals surface area (Å²) in [5, 5.41) is 0. The van der Waals surface area contributed by atoms with E-state index in [9.17, 15) is 0 Å². The van der Waals surface area contributed by atoms with Crippen molar-refractivity contribution in [3.8, 4) is 5.75 Å². The van der Waals surface area contributed by atoms with Crippen molar-refractivity contribution in [2.45, 2.75) is 19.4 Å². The van der Waals surface area contributed by atoms with Crippen molar-refractivity contribution in [2.75, 3.05) is 27.4 Å². The van der Waals surface area contributed by atoms with Crippen LogP contribution in [0.3, 0.4) is 0 Å². The monoisotopic (exact) mass is 224 g/mol. The Bertz CT molecular complexity index is 299. The summed E-state index contributed by atoms with van der Waals surface area (Å²) in [6.45, 7) is 3.36. The maximum Gasteiger partial charge on any atom is 0.124 e. The first-order chi connectivity index (χ1) is 7.83. The minimum Gasteiger partial charge on any atom is -0.496 e. The molecule has 90 valence electrons. The summed E-state index contributed by atoms with van der Waals surface area (Å²) in [6.07, 6.45) is 0.941. The lowest BCUT2D eigenvalue weighted by molar-refractivity contribution is -0.00418. The molecule has 0 saturated heterocycles. The van der Waals surface area contributed by atoms with E-state index in [2.05, 4.69) is 6.92 Å². The van der Waals surface area contributed by atoms with Crippen molar-refractivity contribution >= 4 is 0 Å². The van der Waals surface area contributed by atoms with E-state index in [4.69, 9.17) is 14.2 Å². The second kappa shape index (κ2) is 7.25. The van der Waals surface area contributed by atoms with Crippen molar-refractivity contribution in [3.05, 3.63) is 29.8 Å². The fourth-order valence-corrected chi connectivity index (χ4v) is 1.57. The molecule has 1 rings (SSSR count). The smallest absolute Gasteiger partial charge is 0.124 e. The van der Waals surface area contributed by atoms with Crippen LogP contribution >= 0.6 is 0 Å². The van der Waals surface area contributed by atoms with E-state index in [0.29, 0.717) is 6.61 Å². The van der Waals surface area contributed by atoms with E-state index >= 15 is 0 Å². The Labute approximate surface area is 97.3 Å². The van der Waals surface area contributed by atoms with E-state index < -0.39 is 0 Å². The van der Waals surface area contributed by atoms with Crippen LogP contribution in [0.1, 0.15) is 25.0 Å². The number of benzene rings is 1. The summed E-state index contributed by atoms with van der Waals surface area (Å²) >= 11 is 0. The van der Waals surface area contributed by atoms with E-state index in [-0.39, 0.29) is 6.10 Å². The molecule has 1 unspecified atom stereocenters. The third kappa shape index (κ3) is 3.51. The highest BCUT2D eigenvalue weighted by Crippen LogP contribution is 2.27. The lowest BCUT2D eigenvalue weighted by Crippen LogP contribution is -2.12. The zero-order chi connectivity index (χ0) is 11.8. The van der Waals surface area contributed by atoms with Gasteiger partial charge in [0, 0.05) is 19.3 Å². The Kier molecular flexibility index (Phi) is 5.90. The van der Waals surface area contributed by atoms with Crippen molar-refractivity contribution in [2.24, 2.45) is 0 Å². The minimum absolute atomic E-state index is 0.0545. The van der Waals surface area contributed by atoms with Gasteiger partial charge in [-0.25, -0.2) is 0 Å². The fraction of sp³-hybridized carbons (Fsp3) is 0.538. The van der Waals surface area contributed by atoms with Crippen LogP contribution in [0.2, 0.25) is 0 Å². The van der Waals surface area contributed by atoms with E-state index in [1.54, 1.807) is 14.2 Å². The van der Waals surface area contributed by atoms with E-state index in [0.717, 1.165) is 24.3 Å². The number of methoxy groups -OCH3 is 2. The SMILES string of the molecule is CCCOC(COC)c1ccccc1OC. The molecule has 0 saturated carbocycles. The zero-order valence-electron chi connectivity index (χ0n) is 10.2. The van der Waals surface area contributed by atoms with Crippen LogP contribution in [0.5, 0.6) is 5.75 Å². The van der Waals surface area contributed by atoms with Gasteiger partial charge in [0.25, 0.3) is 0 Å². The maximum absolute atomic E-state index is 5.76. The number of hydrogen-bond acceptors (Lipinski definition) is 3. The van der Waals surface area contributed by atoms with Crippen molar-refractivity contribution < 1.29 is 14.2 Å². The predicted molar refractivity (Wildman–Crippen MR) is 63.9 cm³/mol. The molecule has 0 bridgehead atoms. The van der Waals surface area contributed by atoms with Gasteiger partial charge in [-0.3, -0.25) is 0 Å².